The lowest BCUT2D eigenvalue weighted by Crippen LogP contribution is -2.36. The number of nitrogens with one attached hydrogen (secondary N) is 2. The average molecular weight is 1080 g/mol. The number of rotatable bonds is 20. The lowest BCUT2D eigenvalue weighted by Gasteiger charge is -2.23. The van der Waals surface area contributed by atoms with Gasteiger partial charge < -0.3 is 29.6 Å². The van der Waals surface area contributed by atoms with E-state index in [-0.39, 0.29) is 11.6 Å². The minimum absolute atomic E-state index is 0.204. The third kappa shape index (κ3) is 12.1. The Hall–Kier alpha value is -7.80. The predicted octanol–water partition coefficient (Wildman–Crippen LogP) is 6.03. The summed E-state index contributed by atoms with van der Waals surface area (Å²) < 4.78 is 81.0. The summed E-state index contributed by atoms with van der Waals surface area (Å²) in [4.78, 5) is 25.9. The van der Waals surface area contributed by atoms with Crippen LogP contribution in [0.25, 0.3) is 34.2 Å². The lowest BCUT2D eigenvalue weighted by atomic mass is 10.2. The maximum atomic E-state index is 13.8. The van der Waals surface area contributed by atoms with Gasteiger partial charge >= 0.3 is 0 Å². The molecule has 0 spiro atoms. The van der Waals surface area contributed by atoms with Gasteiger partial charge in [0.2, 0.25) is 0 Å². The van der Waals surface area contributed by atoms with Crippen LogP contribution in [-0.4, -0.2) is 129 Å². The molecule has 22 nitrogen and oxygen atoms in total. The topological polar surface area (TPSA) is 268 Å². The second-order valence-corrected chi connectivity index (χ2v) is 22.6. The maximum Gasteiger partial charge on any atom is 0.170 e. The molecule has 2 N–H and O–H groups in total. The van der Waals surface area contributed by atoms with E-state index in [9.17, 15) is 16.8 Å². The van der Waals surface area contributed by atoms with E-state index in [0.29, 0.717) is 68.8 Å². The Balaban J connectivity index is 0.000000221. The van der Waals surface area contributed by atoms with Crippen molar-refractivity contribution >= 4 is 19.7 Å². The van der Waals surface area contributed by atoms with Crippen molar-refractivity contribution in [3.8, 4) is 57.1 Å². The van der Waals surface area contributed by atoms with Crippen molar-refractivity contribution in [2.75, 3.05) is 42.5 Å². The second kappa shape index (κ2) is 24.3. The number of hydrogen-bond acceptors (Lipinski definition) is 20. The molecule has 0 amide bonds. The number of aryl methyl sites for hydroxylation is 4. The molecule has 6 aromatic heterocycles. The fraction of sp³-hybridized carbons (Fsp3) is 0.346. The van der Waals surface area contributed by atoms with Gasteiger partial charge in [-0.3, -0.25) is 19.1 Å². The lowest BCUT2D eigenvalue weighted by molar-refractivity contribution is 0.390. The second-order valence-electron chi connectivity index (χ2n) is 17.9. The monoisotopic (exact) mass is 1070 g/mol. The molecular formula is C52H62N14O8S2. The molecule has 400 valence electrons. The zero-order valence-corrected chi connectivity index (χ0v) is 46.0. The Bertz CT molecular complexity index is 3230. The first-order chi connectivity index (χ1) is 36.4. The van der Waals surface area contributed by atoms with Crippen LogP contribution in [0.4, 0.5) is 0 Å². The highest BCUT2D eigenvalue weighted by atomic mass is 32.2. The van der Waals surface area contributed by atoms with Crippen LogP contribution in [0.2, 0.25) is 0 Å². The van der Waals surface area contributed by atoms with Gasteiger partial charge in [0, 0.05) is 60.7 Å². The molecule has 76 heavy (non-hydrogen) atoms. The number of hydrogen-bond donors (Lipinski definition) is 2. The molecule has 0 aliphatic rings. The zero-order chi connectivity index (χ0) is 54.9. The number of methoxy groups -OCH3 is 4. The summed E-state index contributed by atoms with van der Waals surface area (Å²) in [5, 5.41) is 21.8. The zero-order valence-electron chi connectivity index (χ0n) is 44.4. The van der Waals surface area contributed by atoms with Crippen molar-refractivity contribution in [1.29, 1.82) is 0 Å². The number of para-hydroxylation sites is 2. The van der Waals surface area contributed by atoms with Gasteiger partial charge in [0.25, 0.3) is 0 Å². The fourth-order valence-corrected chi connectivity index (χ4v) is 11.4. The highest BCUT2D eigenvalue weighted by molar-refractivity contribution is 7.91. The van der Waals surface area contributed by atoms with E-state index >= 15 is 0 Å². The van der Waals surface area contributed by atoms with Crippen LogP contribution in [0.5, 0.6) is 23.0 Å². The quantitative estimate of drug-likeness (QED) is 0.0881. The van der Waals surface area contributed by atoms with Gasteiger partial charge in [-0.1, -0.05) is 12.1 Å². The van der Waals surface area contributed by atoms with Crippen LogP contribution in [0.1, 0.15) is 71.5 Å². The van der Waals surface area contributed by atoms with Crippen molar-refractivity contribution in [2.24, 2.45) is 0 Å². The van der Waals surface area contributed by atoms with Gasteiger partial charge in [0.15, 0.2) is 43.0 Å². The normalized spacial score (nSPS) is 13.2. The van der Waals surface area contributed by atoms with E-state index in [1.54, 1.807) is 123 Å². The largest absolute Gasteiger partial charge is 0.494 e. The van der Waals surface area contributed by atoms with Crippen LogP contribution < -0.4 is 29.6 Å². The molecule has 0 fully saturated rings. The summed E-state index contributed by atoms with van der Waals surface area (Å²) in [6.07, 6.45) is 13.4. The molecule has 2 aromatic carbocycles. The van der Waals surface area contributed by atoms with Crippen molar-refractivity contribution in [1.82, 2.24) is 70.1 Å². The van der Waals surface area contributed by atoms with Gasteiger partial charge in [-0.15, -0.1) is 20.4 Å². The molecule has 24 heteroatoms. The molecule has 4 atom stereocenters. The predicted molar refractivity (Wildman–Crippen MR) is 286 cm³/mol. The van der Waals surface area contributed by atoms with Gasteiger partial charge in [0.1, 0.15) is 57.5 Å². The molecule has 8 rings (SSSR count). The van der Waals surface area contributed by atoms with Gasteiger partial charge in [-0.2, -0.15) is 0 Å². The van der Waals surface area contributed by atoms with Crippen LogP contribution in [0, 0.1) is 27.7 Å². The van der Waals surface area contributed by atoms with Gasteiger partial charge in [-0.05, 0) is 114 Å². The first-order valence-corrected chi connectivity index (χ1v) is 27.3. The van der Waals surface area contributed by atoms with Crippen LogP contribution in [-0.2, 0) is 31.2 Å². The minimum Gasteiger partial charge on any atom is -0.494 e. The van der Waals surface area contributed by atoms with E-state index in [1.165, 1.54) is 28.4 Å². The number of benzene rings is 2. The number of nitrogens with zero attached hydrogens (tertiary/aromatic N) is 12. The SMILES string of the molecule is CN[C@@H](c1ncc(C)cn1)[C@H](C)S(=O)(=O)Cc1nnc(-c2cncc(C)c2)n1-c1c(OC)cccc1OC.CN[C@@H](c1ncc(C)cn1)[C@H](C)S(=O)(=O)Cc1nnc(-c2cncc(C)c2)n1-c1c(OC)cccc1OC. The molecule has 6 heterocycles. The van der Waals surface area contributed by atoms with E-state index in [0.717, 1.165) is 22.3 Å². The third-order valence-corrected chi connectivity index (χ3v) is 16.6. The van der Waals surface area contributed by atoms with Gasteiger partial charge in [-0.25, -0.2) is 36.8 Å². The molecule has 0 unspecified atom stereocenters. The van der Waals surface area contributed by atoms with Crippen molar-refractivity contribution in [3.05, 3.63) is 144 Å². The molecule has 0 saturated carbocycles. The summed E-state index contributed by atoms with van der Waals surface area (Å²) in [6.45, 7) is 10.8. The summed E-state index contributed by atoms with van der Waals surface area (Å²) in [5.41, 5.74) is 5.93. The highest BCUT2D eigenvalue weighted by Gasteiger charge is 2.36. The Morgan fingerprint density at radius 1 is 0.487 bits per heavy atom. The summed E-state index contributed by atoms with van der Waals surface area (Å²) in [5.74, 6) is 3.11. The molecular weight excluding hydrogens is 1010 g/mol. The maximum absolute atomic E-state index is 13.8. The highest BCUT2D eigenvalue weighted by Crippen LogP contribution is 2.39. The summed E-state index contributed by atoms with van der Waals surface area (Å²) >= 11 is 0. The molecule has 0 aliphatic heterocycles. The summed E-state index contributed by atoms with van der Waals surface area (Å²) in [7, 11) is 1.93. The molecule has 0 radical (unpaired) electrons. The first-order valence-electron chi connectivity index (χ1n) is 23.9. The Morgan fingerprint density at radius 2 is 0.816 bits per heavy atom. The molecule has 0 saturated heterocycles. The third-order valence-electron chi connectivity index (χ3n) is 12.5. The van der Waals surface area contributed by atoms with Crippen LogP contribution in [0.15, 0.2) is 98.1 Å². The Kier molecular flexibility index (Phi) is 17.8. The van der Waals surface area contributed by atoms with Crippen molar-refractivity contribution in [3.63, 3.8) is 0 Å². The fourth-order valence-electron chi connectivity index (χ4n) is 8.43. The van der Waals surface area contributed by atoms with Crippen molar-refractivity contribution < 1.29 is 35.8 Å². The van der Waals surface area contributed by atoms with E-state index in [4.69, 9.17) is 18.9 Å². The number of sulfone groups is 2. The average Bonchev–Trinajstić information content (AvgIpc) is 4.04. The number of ether oxygens (including phenoxy) is 4. The summed E-state index contributed by atoms with van der Waals surface area (Å²) in [6, 6.07) is 13.2. The Morgan fingerprint density at radius 3 is 1.11 bits per heavy atom. The molecule has 0 aliphatic carbocycles. The Labute approximate surface area is 442 Å². The van der Waals surface area contributed by atoms with E-state index < -0.39 is 53.8 Å². The van der Waals surface area contributed by atoms with E-state index in [1.807, 2.05) is 39.8 Å². The van der Waals surface area contributed by atoms with E-state index in [2.05, 4.69) is 60.9 Å². The standard InChI is InChI=1S/2C26H31N7O4S/c2*1-16-10-19(14-28-11-16)26-32-31-22(33(26)24-20(36-5)8-7-9-21(24)37-6)15-38(34,35)18(3)23(27-4)25-29-12-17(2)13-30-25/h2*7-14,18,23,27H,15H2,1-6H3/t2*18-,23+/m00/s1. The smallest absolute Gasteiger partial charge is 0.170 e. The minimum atomic E-state index is -3.79. The van der Waals surface area contributed by atoms with Crippen LogP contribution in [0.3, 0.4) is 0 Å². The van der Waals surface area contributed by atoms with Crippen molar-refractivity contribution in [2.45, 2.75) is 75.6 Å². The first kappa shape index (κ1) is 55.9. The van der Waals surface area contributed by atoms with Gasteiger partial charge in [0.05, 0.1) is 51.0 Å². The molecule has 8 aromatic rings. The van der Waals surface area contributed by atoms with Crippen LogP contribution >= 0.6 is 0 Å². The molecule has 0 bridgehead atoms. The number of pyridine rings is 2. The number of aromatic nitrogens is 12.